The summed E-state index contributed by atoms with van der Waals surface area (Å²) in [6, 6.07) is 0. The average Bonchev–Trinajstić information content (AvgIpc) is 2.52. The van der Waals surface area contributed by atoms with Crippen LogP contribution in [0.3, 0.4) is 0 Å². The predicted octanol–water partition coefficient (Wildman–Crippen LogP) is -0.135. The molecule has 11 heteroatoms. The Morgan fingerprint density at radius 3 is 1.43 bits per heavy atom. The van der Waals surface area contributed by atoms with Crippen LogP contribution in [0.15, 0.2) is 0 Å². The summed E-state index contributed by atoms with van der Waals surface area (Å²) in [5.41, 5.74) is 0. The van der Waals surface area contributed by atoms with Gasteiger partial charge in [0.15, 0.2) is 18.8 Å². The lowest BCUT2D eigenvalue weighted by Crippen LogP contribution is -2.54. The minimum Gasteiger partial charge on any atom is -0.459 e. The van der Waals surface area contributed by atoms with Gasteiger partial charge in [0.1, 0.15) is 6.10 Å². The number of esters is 5. The second-order valence-corrected chi connectivity index (χ2v) is 5.74. The molecule has 4 atom stereocenters. The molecule has 0 aromatic rings. The van der Waals surface area contributed by atoms with E-state index in [9.17, 15) is 28.8 Å². The van der Waals surface area contributed by atoms with Gasteiger partial charge in [0.2, 0.25) is 11.9 Å². The molecule has 0 radical (unpaired) electrons. The van der Waals surface area contributed by atoms with E-state index in [1.165, 1.54) is 6.92 Å². The topological polar surface area (TPSA) is 149 Å². The van der Waals surface area contributed by atoms with Crippen molar-refractivity contribution in [2.24, 2.45) is 0 Å². The van der Waals surface area contributed by atoms with Crippen LogP contribution in [-0.4, -0.2) is 66.7 Å². The lowest BCUT2D eigenvalue weighted by atomic mass is 9.99. The van der Waals surface area contributed by atoms with Gasteiger partial charge in [0.05, 0.1) is 0 Å². The van der Waals surface area contributed by atoms with E-state index in [2.05, 4.69) is 4.74 Å². The molecule has 0 N–H and O–H groups in total. The Kier molecular flexibility index (Phi) is 10.4. The molecule has 0 aromatic carbocycles. The number of hydrogen-bond acceptors (Lipinski definition) is 11. The van der Waals surface area contributed by atoms with Crippen LogP contribution in [0.4, 0.5) is 0 Å². The third-order valence-corrected chi connectivity index (χ3v) is 3.07. The van der Waals surface area contributed by atoms with Crippen LogP contribution in [0.5, 0.6) is 0 Å². The Morgan fingerprint density at radius 1 is 0.607 bits per heavy atom. The van der Waals surface area contributed by atoms with Crippen LogP contribution in [0.25, 0.3) is 0 Å². The van der Waals surface area contributed by atoms with E-state index in [-0.39, 0.29) is 0 Å². The second-order valence-electron chi connectivity index (χ2n) is 5.74. The molecule has 0 saturated heterocycles. The molecular formula is C17H24O11. The van der Waals surface area contributed by atoms with E-state index in [1.54, 1.807) is 0 Å². The van der Waals surface area contributed by atoms with Crippen molar-refractivity contribution in [1.82, 2.24) is 0 Å². The largest absolute Gasteiger partial charge is 0.459 e. The highest BCUT2D eigenvalue weighted by molar-refractivity contribution is 5.88. The molecule has 0 fully saturated rings. The Labute approximate surface area is 161 Å². The van der Waals surface area contributed by atoms with Gasteiger partial charge in [-0.2, -0.15) is 0 Å². The van der Waals surface area contributed by atoms with Gasteiger partial charge in [-0.1, -0.05) is 0 Å². The molecule has 0 aromatic heterocycles. The van der Waals surface area contributed by atoms with Gasteiger partial charge < -0.3 is 23.7 Å². The molecule has 0 aliphatic rings. The molecular weight excluding hydrogens is 380 g/mol. The molecule has 0 heterocycles. The first kappa shape index (κ1) is 25.0. The number of Topliss-reactive ketones (excluding diaryl/α,β-unsaturated/α-hetero) is 1. The number of ketones is 1. The standard InChI is InChI=1S/C17H24O11/c1-8(25-10(3)19)15(26-11(4)20)17(28-13(6)22)16(27-12(5)21)14(23)7-24-9(2)18/h8,15-17H,7H2,1-6H3. The van der Waals surface area contributed by atoms with Gasteiger partial charge in [-0.3, -0.25) is 28.8 Å². The zero-order valence-electron chi connectivity index (χ0n) is 16.5. The molecule has 0 aliphatic heterocycles. The third-order valence-electron chi connectivity index (χ3n) is 3.07. The van der Waals surface area contributed by atoms with Crippen molar-refractivity contribution in [3.63, 3.8) is 0 Å². The minimum absolute atomic E-state index is 0.735. The van der Waals surface area contributed by atoms with Gasteiger partial charge in [-0.15, -0.1) is 0 Å². The number of ether oxygens (including phenoxy) is 5. The van der Waals surface area contributed by atoms with Crippen LogP contribution >= 0.6 is 0 Å². The fraction of sp³-hybridized carbons (Fsp3) is 0.647. The van der Waals surface area contributed by atoms with Crippen molar-refractivity contribution in [2.45, 2.75) is 66.0 Å². The lowest BCUT2D eigenvalue weighted by molar-refractivity contribution is -0.198. The van der Waals surface area contributed by atoms with Crippen LogP contribution < -0.4 is 0 Å². The molecule has 0 saturated carbocycles. The van der Waals surface area contributed by atoms with Gasteiger partial charge >= 0.3 is 29.8 Å². The Bertz CT molecular complexity index is 625. The second kappa shape index (κ2) is 11.7. The summed E-state index contributed by atoms with van der Waals surface area (Å²) in [6.45, 7) is 5.73. The number of hydrogen-bond donors (Lipinski definition) is 0. The molecule has 4 unspecified atom stereocenters. The highest BCUT2D eigenvalue weighted by Crippen LogP contribution is 2.20. The smallest absolute Gasteiger partial charge is 0.303 e. The zero-order chi connectivity index (χ0) is 22.0. The summed E-state index contributed by atoms with van der Waals surface area (Å²) in [4.78, 5) is 69.2. The normalized spacial score (nSPS) is 14.5. The summed E-state index contributed by atoms with van der Waals surface area (Å²) in [5.74, 6) is -5.10. The first-order chi connectivity index (χ1) is 12.8. The van der Waals surface area contributed by atoms with E-state index < -0.39 is 66.7 Å². The summed E-state index contributed by atoms with van der Waals surface area (Å²) in [6.07, 6.45) is -6.12. The van der Waals surface area contributed by atoms with Crippen LogP contribution in [0.1, 0.15) is 41.5 Å². The Balaban J connectivity index is 6.03. The lowest BCUT2D eigenvalue weighted by Gasteiger charge is -2.33. The Hall–Kier alpha value is -2.98. The molecule has 0 rings (SSSR count). The van der Waals surface area contributed by atoms with Crippen molar-refractivity contribution in [1.29, 1.82) is 0 Å². The highest BCUT2D eigenvalue weighted by atomic mass is 16.6. The van der Waals surface area contributed by atoms with Crippen LogP contribution in [-0.2, 0) is 52.5 Å². The van der Waals surface area contributed by atoms with Crippen molar-refractivity contribution in [3.05, 3.63) is 0 Å². The van der Waals surface area contributed by atoms with Crippen molar-refractivity contribution < 1.29 is 52.5 Å². The monoisotopic (exact) mass is 404 g/mol. The first-order valence-corrected chi connectivity index (χ1v) is 8.20. The SMILES string of the molecule is CC(=O)OCC(=O)C(OC(C)=O)C(OC(C)=O)C(OC(C)=O)C(C)OC(C)=O. The maximum absolute atomic E-state index is 12.4. The summed E-state index contributed by atoms with van der Waals surface area (Å²) < 4.78 is 24.6. The molecule has 0 spiro atoms. The third kappa shape index (κ3) is 9.64. The first-order valence-electron chi connectivity index (χ1n) is 8.20. The molecule has 11 nitrogen and oxygen atoms in total. The highest BCUT2D eigenvalue weighted by Gasteiger charge is 2.45. The molecule has 0 aliphatic carbocycles. The summed E-state index contributed by atoms with van der Waals surface area (Å²) in [7, 11) is 0. The summed E-state index contributed by atoms with van der Waals surface area (Å²) in [5, 5.41) is 0. The quantitative estimate of drug-likeness (QED) is 0.354. The molecule has 0 amide bonds. The van der Waals surface area contributed by atoms with E-state index in [1.807, 2.05) is 0 Å². The van der Waals surface area contributed by atoms with Gasteiger partial charge in [0.25, 0.3) is 0 Å². The fourth-order valence-electron chi connectivity index (χ4n) is 2.19. The zero-order valence-corrected chi connectivity index (χ0v) is 16.5. The van der Waals surface area contributed by atoms with Crippen molar-refractivity contribution >= 4 is 35.6 Å². The van der Waals surface area contributed by atoms with E-state index in [0.717, 1.165) is 34.6 Å². The van der Waals surface area contributed by atoms with Crippen LogP contribution in [0.2, 0.25) is 0 Å². The molecule has 158 valence electrons. The average molecular weight is 404 g/mol. The van der Waals surface area contributed by atoms with E-state index in [0.29, 0.717) is 0 Å². The van der Waals surface area contributed by atoms with Crippen molar-refractivity contribution in [2.75, 3.05) is 6.61 Å². The summed E-state index contributed by atoms with van der Waals surface area (Å²) >= 11 is 0. The fourth-order valence-corrected chi connectivity index (χ4v) is 2.19. The van der Waals surface area contributed by atoms with Crippen LogP contribution in [0, 0.1) is 0 Å². The maximum Gasteiger partial charge on any atom is 0.303 e. The molecule has 0 bridgehead atoms. The Morgan fingerprint density at radius 2 is 1.04 bits per heavy atom. The molecule has 28 heavy (non-hydrogen) atoms. The maximum atomic E-state index is 12.4. The number of carbonyl (C=O) groups is 6. The minimum atomic E-state index is -1.79. The van der Waals surface area contributed by atoms with Gasteiger partial charge in [-0.25, -0.2) is 0 Å². The van der Waals surface area contributed by atoms with Gasteiger partial charge in [0, 0.05) is 34.6 Å². The van der Waals surface area contributed by atoms with Crippen molar-refractivity contribution in [3.8, 4) is 0 Å². The number of rotatable bonds is 10. The predicted molar refractivity (Wildman–Crippen MR) is 89.5 cm³/mol. The van der Waals surface area contributed by atoms with E-state index >= 15 is 0 Å². The van der Waals surface area contributed by atoms with E-state index in [4.69, 9.17) is 18.9 Å². The number of carbonyl (C=O) groups excluding carboxylic acids is 6. The van der Waals surface area contributed by atoms with Gasteiger partial charge in [-0.05, 0) is 6.92 Å².